The number of amides is 10. The van der Waals surface area contributed by atoms with E-state index >= 15 is 0 Å². The summed E-state index contributed by atoms with van der Waals surface area (Å²) in [6, 6.07) is -2.09. The van der Waals surface area contributed by atoms with E-state index in [4.69, 9.17) is 33.5 Å². The topological polar surface area (TPSA) is 538 Å². The molecule has 10 atom stereocenters. The summed E-state index contributed by atoms with van der Waals surface area (Å²) in [5.41, 5.74) is 23.3. The normalized spacial score (nSPS) is 14.6. The minimum Gasteiger partial charge on any atom is -0.508 e. The van der Waals surface area contributed by atoms with Crippen LogP contribution in [0.5, 0.6) is 5.75 Å². The van der Waals surface area contributed by atoms with Crippen molar-refractivity contribution in [2.45, 2.75) is 139 Å². The second kappa shape index (κ2) is 33.6. The number of carboxylic acid groups (broad SMARTS) is 2. The second-order valence-corrected chi connectivity index (χ2v) is 19.6. The number of aliphatic hydroxyl groups excluding tert-OH is 1. The van der Waals surface area contributed by atoms with Gasteiger partial charge in [-0.2, -0.15) is 12.6 Å². The first-order valence-corrected chi connectivity index (χ1v) is 26.7. The maximum atomic E-state index is 14.5. The number of carbonyl (C=O) groups excluding carboxylic acids is 10. The smallest absolute Gasteiger partial charge is 0.326 e. The van der Waals surface area contributed by atoms with Crippen LogP contribution in [-0.2, 0) is 70.4 Å². The molecule has 23 N–H and O–H groups in total. The molecule has 3 rings (SSSR count). The van der Waals surface area contributed by atoms with Crippen LogP contribution in [0, 0.1) is 5.41 Å². The lowest BCUT2D eigenvalue weighted by Gasteiger charge is -2.28. The summed E-state index contributed by atoms with van der Waals surface area (Å²) in [7, 11) is 0. The summed E-state index contributed by atoms with van der Waals surface area (Å²) in [6.07, 6.45) is -3.69. The van der Waals surface area contributed by atoms with Crippen molar-refractivity contribution in [1.29, 1.82) is 5.41 Å². The van der Waals surface area contributed by atoms with Crippen molar-refractivity contribution in [1.82, 2.24) is 52.8 Å². The number of aromatic hydroxyl groups is 1. The first-order chi connectivity index (χ1) is 39.1. The average Bonchev–Trinajstić information content (AvgIpc) is 4.11. The van der Waals surface area contributed by atoms with Crippen molar-refractivity contribution in [2.75, 3.05) is 12.3 Å². The quantitative estimate of drug-likeness (QED) is 0.0112. The van der Waals surface area contributed by atoms with Crippen LogP contribution >= 0.6 is 12.6 Å². The number of carbonyl (C=O) groups is 12. The van der Waals surface area contributed by atoms with E-state index in [2.05, 4.69) is 65.5 Å². The van der Waals surface area contributed by atoms with Gasteiger partial charge >= 0.3 is 11.9 Å². The SMILES string of the molecule is CC[C@H](NC(=O)[C@H](CCCNC(=N)N)NC(=O)[C@@H](N)CC(=O)O)C(=O)N[C@@H](CCC(N)=O)C(=O)N[C@H](C(=O)N[C@@H](Cc1c[nH]c2ccccc12)C(=O)N[C@@H](CCC(N)=O)C(=O)N[C@@H](CS)C(=O)N[C@@H](Cc1ccc(O)cc1)C(=O)O)[C@@H](C)O. The van der Waals surface area contributed by atoms with Crippen LogP contribution in [0.2, 0.25) is 0 Å². The molecule has 0 spiro atoms. The van der Waals surface area contributed by atoms with Crippen molar-refractivity contribution in [3.63, 3.8) is 0 Å². The van der Waals surface area contributed by atoms with Gasteiger partial charge in [-0.15, -0.1) is 0 Å². The number of phenols is 1. The molecule has 454 valence electrons. The zero-order valence-corrected chi connectivity index (χ0v) is 46.3. The van der Waals surface area contributed by atoms with Gasteiger partial charge < -0.3 is 96.2 Å². The number of H-pyrrole nitrogens is 1. The Morgan fingerprint density at radius 1 is 0.614 bits per heavy atom. The van der Waals surface area contributed by atoms with Crippen LogP contribution in [0.4, 0.5) is 0 Å². The van der Waals surface area contributed by atoms with Gasteiger partial charge in [-0.05, 0) is 68.4 Å². The summed E-state index contributed by atoms with van der Waals surface area (Å²) in [5.74, 6) is -14.0. The molecular weight excluding hydrogens is 1110 g/mol. The third-order valence-electron chi connectivity index (χ3n) is 12.6. The zero-order chi connectivity index (χ0) is 62.1. The molecule has 0 aliphatic rings. The molecule has 0 radical (unpaired) electrons. The van der Waals surface area contributed by atoms with Crippen molar-refractivity contribution in [3.8, 4) is 5.75 Å². The van der Waals surface area contributed by atoms with Gasteiger partial charge in [0.25, 0.3) is 0 Å². The number of aliphatic hydroxyl groups is 1. The summed E-state index contributed by atoms with van der Waals surface area (Å²) < 4.78 is 0. The van der Waals surface area contributed by atoms with Gasteiger partial charge in [0.1, 0.15) is 54.1 Å². The third kappa shape index (κ3) is 23.2. The fraction of sp³-hybridized carbons (Fsp3) is 0.471. The number of rotatable bonds is 36. The Morgan fingerprint density at radius 2 is 1.10 bits per heavy atom. The molecule has 31 nitrogen and oxygen atoms in total. The van der Waals surface area contributed by atoms with Crippen LogP contribution in [0.25, 0.3) is 10.9 Å². The molecule has 0 aliphatic carbocycles. The molecule has 0 bridgehead atoms. The van der Waals surface area contributed by atoms with Gasteiger partial charge in [0.2, 0.25) is 59.1 Å². The monoisotopic (exact) mass is 1180 g/mol. The third-order valence-corrected chi connectivity index (χ3v) is 13.0. The van der Waals surface area contributed by atoms with Crippen LogP contribution < -0.4 is 70.8 Å². The van der Waals surface area contributed by atoms with Gasteiger partial charge in [0.05, 0.1) is 18.6 Å². The number of nitrogens with two attached hydrogens (primary N) is 4. The van der Waals surface area contributed by atoms with Gasteiger partial charge in [0.15, 0.2) is 5.96 Å². The molecule has 32 heteroatoms. The highest BCUT2D eigenvalue weighted by Gasteiger charge is 2.37. The minimum absolute atomic E-state index is 0.0672. The standard InChI is InChI=1S/C51H73N15O16S/c1-3-30(59-44(75)32(9-6-18-57-51(55)56)60-42(73)29(52)21-40(71)72)43(74)61-34(15-17-39(54)70)46(77)66-41(24(2)67)49(80)63-35(20-26-22-58-31-8-5-4-7-28(26)31)47(78)62-33(14-16-38(53)69)45(76)65-37(23-83)48(79)64-36(50(81)82)19-25-10-12-27(68)13-11-25/h4-5,7-8,10-13,22,24,29-30,32-37,41,58,67-68,83H,3,6,9,14-21,23,52H2,1-2H3,(H2,53,69)(H2,54,70)(H,59,75)(H,60,73)(H,61,74)(H,62,78)(H,63,80)(H,64,79)(H,65,76)(H,66,77)(H,71,72)(H,81,82)(H4,55,56,57)/t24-,29+,30+,32+,33+,34+,35+,36+,37+,41+/m1/s1. The lowest BCUT2D eigenvalue weighted by atomic mass is 10.0. The number of guanidine groups is 1. The summed E-state index contributed by atoms with van der Waals surface area (Å²) >= 11 is 4.16. The van der Waals surface area contributed by atoms with Crippen LogP contribution in [0.3, 0.4) is 0 Å². The maximum absolute atomic E-state index is 14.5. The van der Waals surface area contributed by atoms with E-state index in [1.807, 2.05) is 0 Å². The molecule has 2 aromatic carbocycles. The van der Waals surface area contributed by atoms with E-state index < -0.39 is 169 Å². The molecule has 1 heterocycles. The van der Waals surface area contributed by atoms with E-state index in [0.29, 0.717) is 22.0 Å². The molecule has 83 heavy (non-hydrogen) atoms. The zero-order valence-electron chi connectivity index (χ0n) is 45.4. The predicted molar refractivity (Wildman–Crippen MR) is 299 cm³/mol. The molecule has 1 aromatic heterocycles. The largest absolute Gasteiger partial charge is 0.508 e. The van der Waals surface area contributed by atoms with Gasteiger partial charge in [-0.3, -0.25) is 58.1 Å². The van der Waals surface area contributed by atoms with E-state index in [0.717, 1.165) is 6.92 Å². The number of aliphatic carboxylic acids is 2. The molecule has 0 aliphatic heterocycles. The average molecular weight is 1180 g/mol. The van der Waals surface area contributed by atoms with Gasteiger partial charge in [0, 0.05) is 55.1 Å². The maximum Gasteiger partial charge on any atom is 0.326 e. The number of hydrogen-bond acceptors (Lipinski definition) is 17. The number of primary amides is 2. The van der Waals surface area contributed by atoms with E-state index in [1.165, 1.54) is 37.4 Å². The fourth-order valence-electron chi connectivity index (χ4n) is 8.10. The number of para-hydroxylation sites is 1. The number of aromatic amines is 1. The number of hydrogen-bond donors (Lipinski definition) is 20. The Balaban J connectivity index is 1.92. The Bertz CT molecular complexity index is 2820. The van der Waals surface area contributed by atoms with Crippen LogP contribution in [-0.4, -0.2) is 175 Å². The molecule has 0 unspecified atom stereocenters. The fourth-order valence-corrected chi connectivity index (χ4v) is 8.35. The number of carboxylic acids is 2. The number of fused-ring (bicyclic) bond motifs is 1. The number of nitrogens with one attached hydrogen (secondary N) is 11. The van der Waals surface area contributed by atoms with Crippen molar-refractivity contribution >= 4 is 101 Å². The molecule has 0 fully saturated rings. The molecule has 3 aromatic rings. The predicted octanol–water partition coefficient (Wildman–Crippen LogP) is -5.06. The van der Waals surface area contributed by atoms with Crippen LogP contribution in [0.1, 0.15) is 76.3 Å². The summed E-state index contributed by atoms with van der Waals surface area (Å²) in [6.45, 7) is 2.64. The highest BCUT2D eigenvalue weighted by Crippen LogP contribution is 2.20. The molecule has 0 saturated heterocycles. The molecule has 10 amide bonds. The summed E-state index contributed by atoms with van der Waals surface area (Å²) in [4.78, 5) is 161. The summed E-state index contributed by atoms with van der Waals surface area (Å²) in [5, 5.41) is 69.3. The van der Waals surface area contributed by atoms with Crippen molar-refractivity contribution in [2.24, 2.45) is 22.9 Å². The lowest BCUT2D eigenvalue weighted by molar-refractivity contribution is -0.142. The van der Waals surface area contributed by atoms with Gasteiger partial charge in [-0.1, -0.05) is 37.3 Å². The Morgan fingerprint density at radius 3 is 1.63 bits per heavy atom. The first-order valence-electron chi connectivity index (χ1n) is 26.0. The minimum atomic E-state index is -1.93. The van der Waals surface area contributed by atoms with E-state index in [9.17, 15) is 72.9 Å². The Kier molecular flexibility index (Phi) is 27.7. The van der Waals surface area contributed by atoms with E-state index in [-0.39, 0.29) is 50.4 Å². The highest BCUT2D eigenvalue weighted by molar-refractivity contribution is 7.80. The van der Waals surface area contributed by atoms with E-state index in [1.54, 1.807) is 24.3 Å². The Labute approximate surface area is 480 Å². The number of aromatic nitrogens is 1. The van der Waals surface area contributed by atoms with Gasteiger partial charge in [-0.25, -0.2) is 4.79 Å². The molecule has 0 saturated carbocycles. The number of thiol groups is 1. The number of benzene rings is 2. The van der Waals surface area contributed by atoms with Crippen molar-refractivity contribution in [3.05, 3.63) is 65.9 Å². The second-order valence-electron chi connectivity index (χ2n) is 19.2. The Hall–Kier alpha value is -9.04. The first kappa shape index (κ1) is 68.2. The lowest BCUT2D eigenvalue weighted by Crippen LogP contribution is -2.62. The van der Waals surface area contributed by atoms with Crippen LogP contribution in [0.15, 0.2) is 54.7 Å². The highest BCUT2D eigenvalue weighted by atomic mass is 32.1. The van der Waals surface area contributed by atoms with Crippen molar-refractivity contribution < 1.29 is 78.0 Å². The molecular formula is C51H73N15O16S. The number of phenolic OH excluding ortho intramolecular Hbond substituents is 1.